The zero-order chi connectivity index (χ0) is 11.0. The van der Waals surface area contributed by atoms with Gasteiger partial charge in [0.15, 0.2) is 0 Å². The molecule has 1 unspecified atom stereocenters. The van der Waals surface area contributed by atoms with Crippen LogP contribution in [0.5, 0.6) is 0 Å². The summed E-state index contributed by atoms with van der Waals surface area (Å²) in [4.78, 5) is 0. The van der Waals surface area contributed by atoms with Gasteiger partial charge in [0.2, 0.25) is 0 Å². The lowest BCUT2D eigenvalue weighted by Crippen LogP contribution is -2.28. The van der Waals surface area contributed by atoms with Crippen LogP contribution in [0.15, 0.2) is 11.8 Å². The van der Waals surface area contributed by atoms with Crippen molar-refractivity contribution in [2.45, 2.75) is 34.1 Å². The molecule has 0 amide bonds. The smallest absolute Gasteiger partial charge is 0.0306 e. The average Bonchev–Trinajstić information content (AvgIpc) is 2.22. The van der Waals surface area contributed by atoms with Gasteiger partial charge in [-0.15, -0.1) is 0 Å². The standard InChI is InChI=1S/C11H25N3/c1-5-10(4)11(8-13-6-2)9-14(12)7-3/h9-10,13H,5-8,12H2,1-4H3/b11-9-. The maximum absolute atomic E-state index is 5.77. The highest BCUT2D eigenvalue weighted by atomic mass is 15.4. The molecule has 1 atom stereocenters. The third-order valence-electron chi connectivity index (χ3n) is 2.52. The Balaban J connectivity index is 4.29. The lowest BCUT2D eigenvalue weighted by Gasteiger charge is -2.19. The minimum absolute atomic E-state index is 0.603. The highest BCUT2D eigenvalue weighted by Crippen LogP contribution is 2.13. The van der Waals surface area contributed by atoms with E-state index < -0.39 is 0 Å². The summed E-state index contributed by atoms with van der Waals surface area (Å²) in [6.45, 7) is 11.4. The van der Waals surface area contributed by atoms with Crippen LogP contribution in [0.4, 0.5) is 0 Å². The summed E-state index contributed by atoms with van der Waals surface area (Å²) in [5.41, 5.74) is 1.39. The third-order valence-corrected chi connectivity index (χ3v) is 2.52. The molecule has 0 saturated carbocycles. The summed E-state index contributed by atoms with van der Waals surface area (Å²) in [6, 6.07) is 0. The summed E-state index contributed by atoms with van der Waals surface area (Å²) in [5, 5.41) is 5.09. The van der Waals surface area contributed by atoms with Crippen molar-refractivity contribution in [1.29, 1.82) is 0 Å². The Morgan fingerprint density at radius 1 is 1.43 bits per heavy atom. The third kappa shape index (κ3) is 5.25. The van der Waals surface area contributed by atoms with Crippen LogP contribution >= 0.6 is 0 Å². The van der Waals surface area contributed by atoms with Gasteiger partial charge in [0.05, 0.1) is 0 Å². The zero-order valence-corrected chi connectivity index (χ0v) is 10.0. The number of nitrogens with one attached hydrogen (secondary N) is 1. The quantitative estimate of drug-likeness (QED) is 0.484. The molecule has 0 aromatic heterocycles. The van der Waals surface area contributed by atoms with Gasteiger partial charge in [-0.25, -0.2) is 5.84 Å². The van der Waals surface area contributed by atoms with Crippen LogP contribution in [-0.4, -0.2) is 24.6 Å². The number of likely N-dealkylation sites (N-methyl/N-ethyl adjacent to an activating group) is 1. The van der Waals surface area contributed by atoms with Gasteiger partial charge in [-0.3, -0.25) is 0 Å². The monoisotopic (exact) mass is 199 g/mol. The van der Waals surface area contributed by atoms with Crippen LogP contribution in [0, 0.1) is 5.92 Å². The van der Waals surface area contributed by atoms with Gasteiger partial charge in [-0.05, 0) is 31.4 Å². The van der Waals surface area contributed by atoms with Crippen LogP contribution < -0.4 is 11.2 Å². The molecule has 0 bridgehead atoms. The van der Waals surface area contributed by atoms with Crippen molar-refractivity contribution in [2.75, 3.05) is 19.6 Å². The molecular formula is C11H25N3. The predicted molar refractivity (Wildman–Crippen MR) is 62.6 cm³/mol. The number of hydrogen-bond donors (Lipinski definition) is 2. The number of hydrazine groups is 1. The highest BCUT2D eigenvalue weighted by Gasteiger charge is 2.06. The van der Waals surface area contributed by atoms with Crippen LogP contribution in [-0.2, 0) is 0 Å². The molecule has 84 valence electrons. The molecule has 0 aliphatic heterocycles. The van der Waals surface area contributed by atoms with Gasteiger partial charge < -0.3 is 10.3 Å². The van der Waals surface area contributed by atoms with E-state index in [0.29, 0.717) is 5.92 Å². The molecule has 3 nitrogen and oxygen atoms in total. The van der Waals surface area contributed by atoms with E-state index in [1.54, 1.807) is 5.01 Å². The van der Waals surface area contributed by atoms with Gasteiger partial charge in [0, 0.05) is 19.3 Å². The van der Waals surface area contributed by atoms with E-state index in [2.05, 4.69) is 39.2 Å². The van der Waals surface area contributed by atoms with E-state index >= 15 is 0 Å². The maximum Gasteiger partial charge on any atom is 0.0306 e. The number of hydrogen-bond acceptors (Lipinski definition) is 3. The lowest BCUT2D eigenvalue weighted by molar-refractivity contribution is 0.404. The highest BCUT2D eigenvalue weighted by molar-refractivity contribution is 5.06. The van der Waals surface area contributed by atoms with Crippen LogP contribution in [0.3, 0.4) is 0 Å². The predicted octanol–water partition coefficient (Wildman–Crippen LogP) is 1.72. The fourth-order valence-electron chi connectivity index (χ4n) is 1.18. The second-order valence-electron chi connectivity index (χ2n) is 3.62. The van der Waals surface area contributed by atoms with E-state index in [1.807, 2.05) is 0 Å². The van der Waals surface area contributed by atoms with Crippen molar-refractivity contribution < 1.29 is 0 Å². The molecule has 0 aromatic carbocycles. The van der Waals surface area contributed by atoms with Gasteiger partial charge in [-0.2, -0.15) is 0 Å². The molecule has 3 N–H and O–H groups in total. The van der Waals surface area contributed by atoms with Gasteiger partial charge in [0.1, 0.15) is 0 Å². The average molecular weight is 199 g/mol. The Kier molecular flexibility index (Phi) is 7.52. The van der Waals surface area contributed by atoms with Gasteiger partial charge in [0.25, 0.3) is 0 Å². The van der Waals surface area contributed by atoms with Crippen molar-refractivity contribution in [1.82, 2.24) is 10.3 Å². The maximum atomic E-state index is 5.77. The normalized spacial score (nSPS) is 14.2. The largest absolute Gasteiger partial charge is 0.319 e. The van der Waals surface area contributed by atoms with Crippen molar-refractivity contribution in [3.8, 4) is 0 Å². The molecule has 0 aromatic rings. The SMILES string of the molecule is CCNC/C(=C/N(N)CC)C(C)CC. The van der Waals surface area contributed by atoms with Crippen molar-refractivity contribution in [2.24, 2.45) is 11.8 Å². The first kappa shape index (κ1) is 13.5. The van der Waals surface area contributed by atoms with Gasteiger partial charge in [-0.1, -0.05) is 20.8 Å². The zero-order valence-electron chi connectivity index (χ0n) is 10.0. The van der Waals surface area contributed by atoms with E-state index in [9.17, 15) is 0 Å². The van der Waals surface area contributed by atoms with Crippen LogP contribution in [0.2, 0.25) is 0 Å². The molecule has 0 aliphatic carbocycles. The summed E-state index contributed by atoms with van der Waals surface area (Å²) < 4.78 is 0. The lowest BCUT2D eigenvalue weighted by atomic mass is 9.99. The summed E-state index contributed by atoms with van der Waals surface area (Å²) in [7, 11) is 0. The Labute approximate surface area is 88.3 Å². The first-order valence-electron chi connectivity index (χ1n) is 5.58. The van der Waals surface area contributed by atoms with Gasteiger partial charge >= 0.3 is 0 Å². The van der Waals surface area contributed by atoms with Crippen molar-refractivity contribution >= 4 is 0 Å². The first-order chi connectivity index (χ1) is 6.65. The second-order valence-corrected chi connectivity index (χ2v) is 3.62. The summed E-state index contributed by atoms with van der Waals surface area (Å²) >= 11 is 0. The number of rotatable bonds is 7. The Morgan fingerprint density at radius 3 is 2.50 bits per heavy atom. The first-order valence-corrected chi connectivity index (χ1v) is 5.58. The van der Waals surface area contributed by atoms with Crippen LogP contribution in [0.25, 0.3) is 0 Å². The molecule has 0 radical (unpaired) electrons. The molecule has 0 aliphatic rings. The molecular weight excluding hydrogens is 174 g/mol. The number of nitrogens with zero attached hydrogens (tertiary/aromatic N) is 1. The minimum Gasteiger partial charge on any atom is -0.319 e. The van der Waals surface area contributed by atoms with Crippen molar-refractivity contribution in [3.63, 3.8) is 0 Å². The van der Waals surface area contributed by atoms with E-state index in [4.69, 9.17) is 5.84 Å². The molecule has 0 spiro atoms. The Bertz CT molecular complexity index is 166. The topological polar surface area (TPSA) is 41.3 Å². The summed E-state index contributed by atoms with van der Waals surface area (Å²) in [5.74, 6) is 6.37. The Hall–Kier alpha value is -0.540. The Morgan fingerprint density at radius 2 is 2.07 bits per heavy atom. The molecule has 0 heterocycles. The van der Waals surface area contributed by atoms with E-state index in [1.165, 1.54) is 5.57 Å². The molecule has 3 heteroatoms. The van der Waals surface area contributed by atoms with Crippen LogP contribution in [0.1, 0.15) is 34.1 Å². The second kappa shape index (κ2) is 7.83. The fraction of sp³-hybridized carbons (Fsp3) is 0.818. The van der Waals surface area contributed by atoms with Crippen molar-refractivity contribution in [3.05, 3.63) is 11.8 Å². The minimum atomic E-state index is 0.603. The number of nitrogens with two attached hydrogens (primary N) is 1. The fourth-order valence-corrected chi connectivity index (χ4v) is 1.18. The molecule has 14 heavy (non-hydrogen) atoms. The summed E-state index contributed by atoms with van der Waals surface area (Å²) in [6.07, 6.45) is 3.23. The molecule has 0 rings (SSSR count). The van der Waals surface area contributed by atoms with E-state index in [-0.39, 0.29) is 0 Å². The molecule has 0 fully saturated rings. The van der Waals surface area contributed by atoms with E-state index in [0.717, 1.165) is 26.1 Å². The molecule has 0 saturated heterocycles.